The molecule has 92 valence electrons. The summed E-state index contributed by atoms with van der Waals surface area (Å²) in [6.07, 6.45) is 1.89. The first-order chi connectivity index (χ1) is 7.53. The number of carbonyl (C=O) groups excluding carboxylic acids is 1. The van der Waals surface area contributed by atoms with Crippen LogP contribution in [0.2, 0.25) is 0 Å². The Balaban J connectivity index is 2.38. The van der Waals surface area contributed by atoms with Crippen LogP contribution in [-0.4, -0.2) is 39.3 Å². The van der Waals surface area contributed by atoms with Gasteiger partial charge >= 0.3 is 0 Å². The highest BCUT2D eigenvalue weighted by Crippen LogP contribution is 2.14. The molecule has 1 saturated heterocycles. The van der Waals surface area contributed by atoms with Gasteiger partial charge < -0.3 is 4.74 Å². The summed E-state index contributed by atoms with van der Waals surface area (Å²) >= 11 is 0. The zero-order chi connectivity index (χ0) is 12.0. The number of hydrogen-bond acceptors (Lipinski definition) is 5. The van der Waals surface area contributed by atoms with E-state index in [2.05, 4.69) is 6.58 Å². The van der Waals surface area contributed by atoms with Gasteiger partial charge in [0.25, 0.3) is 10.1 Å². The molecule has 1 fully saturated rings. The van der Waals surface area contributed by atoms with Crippen LogP contribution in [0.25, 0.3) is 0 Å². The van der Waals surface area contributed by atoms with Gasteiger partial charge in [-0.15, -0.1) is 0 Å². The highest BCUT2D eigenvalue weighted by Gasteiger charge is 2.22. The Labute approximate surface area is 95.6 Å². The molecule has 0 N–H and O–H groups in total. The minimum Gasteiger partial charge on any atom is -0.381 e. The number of allylic oxidation sites excluding steroid dienone is 1. The van der Waals surface area contributed by atoms with E-state index in [1.807, 2.05) is 0 Å². The molecule has 0 bridgehead atoms. The monoisotopic (exact) mass is 248 g/mol. The van der Waals surface area contributed by atoms with Crippen molar-refractivity contribution in [3.05, 3.63) is 12.7 Å². The average molecular weight is 248 g/mol. The number of hydrogen-bond donors (Lipinski definition) is 0. The van der Waals surface area contributed by atoms with E-state index in [4.69, 9.17) is 8.92 Å². The molecule has 0 radical (unpaired) electrons. The molecule has 0 amide bonds. The minimum absolute atomic E-state index is 0.0744. The molecule has 1 heterocycles. The normalized spacial score (nSPS) is 18.2. The summed E-state index contributed by atoms with van der Waals surface area (Å²) in [5.74, 6) is -0.575. The van der Waals surface area contributed by atoms with Crippen molar-refractivity contribution in [1.29, 1.82) is 0 Å². The van der Waals surface area contributed by atoms with Gasteiger partial charge in [0.15, 0.2) is 5.78 Å². The van der Waals surface area contributed by atoms with Crippen molar-refractivity contribution < 1.29 is 22.1 Å². The first kappa shape index (κ1) is 13.3. The lowest BCUT2D eigenvalue weighted by atomic mass is 10.2. The molecule has 0 saturated carbocycles. The molecule has 1 rings (SSSR count). The van der Waals surface area contributed by atoms with Gasteiger partial charge in [-0.3, -0.25) is 8.98 Å². The predicted molar refractivity (Wildman–Crippen MR) is 58.5 cm³/mol. The van der Waals surface area contributed by atoms with Crippen LogP contribution in [-0.2, 0) is 23.8 Å². The fraction of sp³-hybridized carbons (Fsp3) is 0.700. The highest BCUT2D eigenvalue weighted by molar-refractivity contribution is 7.86. The van der Waals surface area contributed by atoms with E-state index in [9.17, 15) is 13.2 Å². The van der Waals surface area contributed by atoms with Crippen LogP contribution in [0, 0.1) is 0 Å². The maximum Gasteiger partial charge on any atom is 0.268 e. The Bertz CT molecular complexity index is 340. The number of rotatable bonds is 6. The van der Waals surface area contributed by atoms with Gasteiger partial charge in [0.05, 0.1) is 11.9 Å². The lowest BCUT2D eigenvalue weighted by Crippen LogP contribution is -2.27. The van der Waals surface area contributed by atoms with E-state index in [1.165, 1.54) is 0 Å². The Morgan fingerprint density at radius 1 is 1.44 bits per heavy atom. The van der Waals surface area contributed by atoms with E-state index in [0.29, 0.717) is 26.1 Å². The third-order valence-corrected chi connectivity index (χ3v) is 3.55. The fourth-order valence-electron chi connectivity index (χ4n) is 1.36. The van der Waals surface area contributed by atoms with Gasteiger partial charge in [-0.1, -0.05) is 6.58 Å². The number of ether oxygens (including phenoxy) is 1. The molecule has 1 aliphatic heterocycles. The van der Waals surface area contributed by atoms with Gasteiger partial charge in [0, 0.05) is 19.6 Å². The average Bonchev–Trinajstić information content (AvgIpc) is 2.27. The first-order valence-electron chi connectivity index (χ1n) is 5.17. The Morgan fingerprint density at radius 2 is 2.06 bits per heavy atom. The first-order valence-corrected chi connectivity index (χ1v) is 6.75. The summed E-state index contributed by atoms with van der Waals surface area (Å²) in [5.41, 5.74) is 0. The Hall–Kier alpha value is -0.720. The summed E-state index contributed by atoms with van der Waals surface area (Å²) in [7, 11) is -3.61. The van der Waals surface area contributed by atoms with E-state index >= 15 is 0 Å². The molecular formula is C10H16O5S. The van der Waals surface area contributed by atoms with Crippen molar-refractivity contribution >= 4 is 15.9 Å². The van der Waals surface area contributed by atoms with E-state index in [1.54, 1.807) is 0 Å². The second-order valence-corrected chi connectivity index (χ2v) is 5.31. The van der Waals surface area contributed by atoms with Gasteiger partial charge in [0.1, 0.15) is 0 Å². The summed E-state index contributed by atoms with van der Waals surface area (Å²) < 4.78 is 33.0. The third kappa shape index (κ3) is 4.87. The van der Waals surface area contributed by atoms with E-state index < -0.39 is 10.1 Å². The molecule has 0 spiro atoms. The smallest absolute Gasteiger partial charge is 0.268 e. The molecule has 16 heavy (non-hydrogen) atoms. The van der Waals surface area contributed by atoms with Crippen LogP contribution in [0.15, 0.2) is 12.7 Å². The Morgan fingerprint density at radius 3 is 2.62 bits per heavy atom. The summed E-state index contributed by atoms with van der Waals surface area (Å²) in [6, 6.07) is 0. The SMILES string of the molecule is C=CC(=O)CCS(=O)(=O)OC1CCOCC1. The quantitative estimate of drug-likeness (QED) is 0.510. The predicted octanol–water partition coefficient (Wildman–Crippen LogP) is 0.657. The lowest BCUT2D eigenvalue weighted by molar-refractivity contribution is -0.114. The van der Waals surface area contributed by atoms with Crippen molar-refractivity contribution in [2.24, 2.45) is 0 Å². The summed E-state index contributed by atoms with van der Waals surface area (Å²) in [5, 5.41) is 0. The van der Waals surface area contributed by atoms with Crippen molar-refractivity contribution in [2.75, 3.05) is 19.0 Å². The molecule has 1 aliphatic rings. The zero-order valence-electron chi connectivity index (χ0n) is 9.05. The Kier molecular flexibility index (Phi) is 5.11. The van der Waals surface area contributed by atoms with Crippen LogP contribution < -0.4 is 0 Å². The van der Waals surface area contributed by atoms with Crippen LogP contribution in [0.5, 0.6) is 0 Å². The van der Waals surface area contributed by atoms with E-state index in [-0.39, 0.29) is 24.1 Å². The standard InChI is InChI=1S/C10H16O5S/c1-2-9(11)5-8-16(12,13)15-10-3-6-14-7-4-10/h2,10H,1,3-8H2. The molecule has 6 heteroatoms. The van der Waals surface area contributed by atoms with Gasteiger partial charge in [-0.25, -0.2) is 0 Å². The van der Waals surface area contributed by atoms with Crippen molar-refractivity contribution in [1.82, 2.24) is 0 Å². The third-order valence-electron chi connectivity index (χ3n) is 2.28. The maximum absolute atomic E-state index is 11.5. The molecule has 0 aromatic carbocycles. The summed E-state index contributed by atoms with van der Waals surface area (Å²) in [4.78, 5) is 10.9. The molecule has 0 unspecified atom stereocenters. The van der Waals surface area contributed by atoms with Crippen LogP contribution in [0.4, 0.5) is 0 Å². The van der Waals surface area contributed by atoms with Gasteiger partial charge in [-0.2, -0.15) is 8.42 Å². The minimum atomic E-state index is -3.61. The highest BCUT2D eigenvalue weighted by atomic mass is 32.2. The molecule has 0 aromatic rings. The maximum atomic E-state index is 11.5. The topological polar surface area (TPSA) is 69.7 Å². The fourth-order valence-corrected chi connectivity index (χ4v) is 2.51. The zero-order valence-corrected chi connectivity index (χ0v) is 9.87. The molecule has 5 nitrogen and oxygen atoms in total. The second-order valence-electron chi connectivity index (χ2n) is 3.59. The van der Waals surface area contributed by atoms with E-state index in [0.717, 1.165) is 6.08 Å². The molecule has 0 atom stereocenters. The van der Waals surface area contributed by atoms with Crippen LogP contribution in [0.3, 0.4) is 0 Å². The van der Waals surface area contributed by atoms with Gasteiger partial charge in [0.2, 0.25) is 0 Å². The second kappa shape index (κ2) is 6.12. The van der Waals surface area contributed by atoms with Crippen LogP contribution >= 0.6 is 0 Å². The largest absolute Gasteiger partial charge is 0.381 e. The summed E-state index contributed by atoms with van der Waals surface area (Å²) in [6.45, 7) is 4.31. The van der Waals surface area contributed by atoms with Crippen molar-refractivity contribution in [3.8, 4) is 0 Å². The number of carbonyl (C=O) groups is 1. The van der Waals surface area contributed by atoms with Crippen molar-refractivity contribution in [3.63, 3.8) is 0 Å². The number of ketones is 1. The lowest BCUT2D eigenvalue weighted by Gasteiger charge is -2.21. The molecular weight excluding hydrogens is 232 g/mol. The van der Waals surface area contributed by atoms with Crippen LogP contribution in [0.1, 0.15) is 19.3 Å². The van der Waals surface area contributed by atoms with Gasteiger partial charge in [-0.05, 0) is 18.9 Å². The molecule has 0 aromatic heterocycles. The van der Waals surface area contributed by atoms with Crippen molar-refractivity contribution in [2.45, 2.75) is 25.4 Å². The molecule has 0 aliphatic carbocycles.